The van der Waals surface area contributed by atoms with Gasteiger partial charge in [0.2, 0.25) is 5.91 Å². The maximum atomic E-state index is 12.3. The second-order valence-corrected chi connectivity index (χ2v) is 6.22. The van der Waals surface area contributed by atoms with Crippen molar-refractivity contribution in [2.75, 3.05) is 39.3 Å². The monoisotopic (exact) mass is 283 g/mol. The zero-order valence-electron chi connectivity index (χ0n) is 12.4. The van der Waals surface area contributed by atoms with Crippen molar-refractivity contribution in [3.63, 3.8) is 0 Å². The van der Waals surface area contributed by atoms with Crippen LogP contribution in [0.2, 0.25) is 0 Å². The van der Waals surface area contributed by atoms with Crippen molar-refractivity contribution in [1.29, 1.82) is 0 Å². The molecule has 0 aromatic rings. The minimum absolute atomic E-state index is 0.0651. The Morgan fingerprint density at radius 1 is 1.30 bits per heavy atom. The second kappa shape index (κ2) is 6.10. The van der Waals surface area contributed by atoms with E-state index in [4.69, 9.17) is 10.5 Å². The number of amides is 2. The van der Waals surface area contributed by atoms with Gasteiger partial charge in [-0.25, -0.2) is 0 Å². The normalized spacial score (nSPS) is 29.4. The van der Waals surface area contributed by atoms with Crippen LogP contribution in [-0.2, 0) is 14.3 Å². The highest BCUT2D eigenvalue weighted by Crippen LogP contribution is 2.19. The van der Waals surface area contributed by atoms with Crippen LogP contribution in [0.5, 0.6) is 0 Å². The molecule has 0 aromatic heterocycles. The molecule has 2 aliphatic heterocycles. The molecule has 0 aliphatic carbocycles. The Balaban J connectivity index is 1.87. The number of nitrogens with zero attached hydrogens (tertiary/aromatic N) is 2. The lowest BCUT2D eigenvalue weighted by Gasteiger charge is -2.39. The SMILES string of the molecule is CC1CCN(CC(=O)N2CCO[C@@](C)(C(N)=O)C2)CC1. The lowest BCUT2D eigenvalue weighted by atomic mass is 9.99. The first-order valence-corrected chi connectivity index (χ1v) is 7.35. The molecule has 0 spiro atoms. The molecule has 6 heteroatoms. The third kappa shape index (κ3) is 3.49. The van der Waals surface area contributed by atoms with Crippen LogP contribution in [0.4, 0.5) is 0 Å². The molecule has 0 bridgehead atoms. The maximum absolute atomic E-state index is 12.3. The van der Waals surface area contributed by atoms with Crippen LogP contribution in [0, 0.1) is 5.92 Å². The first-order chi connectivity index (χ1) is 9.40. The highest BCUT2D eigenvalue weighted by Gasteiger charge is 2.39. The molecule has 0 aromatic carbocycles. The molecular weight excluding hydrogens is 258 g/mol. The predicted molar refractivity (Wildman–Crippen MR) is 75.0 cm³/mol. The summed E-state index contributed by atoms with van der Waals surface area (Å²) < 4.78 is 5.43. The van der Waals surface area contributed by atoms with Gasteiger partial charge < -0.3 is 15.4 Å². The first kappa shape index (κ1) is 15.3. The molecular formula is C14H25N3O3. The molecule has 2 heterocycles. The topological polar surface area (TPSA) is 75.9 Å². The van der Waals surface area contributed by atoms with Crippen molar-refractivity contribution in [3.8, 4) is 0 Å². The first-order valence-electron chi connectivity index (χ1n) is 7.35. The third-order valence-electron chi connectivity index (χ3n) is 4.38. The van der Waals surface area contributed by atoms with E-state index in [1.165, 1.54) is 0 Å². The molecule has 1 atom stereocenters. The van der Waals surface area contributed by atoms with Crippen molar-refractivity contribution in [3.05, 3.63) is 0 Å². The summed E-state index contributed by atoms with van der Waals surface area (Å²) in [5.41, 5.74) is 4.30. The van der Waals surface area contributed by atoms with Gasteiger partial charge in [0.05, 0.1) is 19.7 Å². The van der Waals surface area contributed by atoms with Crippen molar-refractivity contribution in [2.24, 2.45) is 11.7 Å². The van der Waals surface area contributed by atoms with Gasteiger partial charge in [0.15, 0.2) is 5.60 Å². The summed E-state index contributed by atoms with van der Waals surface area (Å²) in [6.45, 7) is 7.44. The zero-order valence-corrected chi connectivity index (χ0v) is 12.4. The second-order valence-electron chi connectivity index (χ2n) is 6.22. The van der Waals surface area contributed by atoms with E-state index in [0.717, 1.165) is 31.8 Å². The van der Waals surface area contributed by atoms with Crippen LogP contribution in [-0.4, -0.2) is 66.5 Å². The van der Waals surface area contributed by atoms with Crippen molar-refractivity contribution >= 4 is 11.8 Å². The van der Waals surface area contributed by atoms with Gasteiger partial charge in [-0.05, 0) is 38.8 Å². The summed E-state index contributed by atoms with van der Waals surface area (Å²) in [5.74, 6) is 0.306. The van der Waals surface area contributed by atoms with Gasteiger partial charge in [0, 0.05) is 6.54 Å². The molecule has 2 aliphatic rings. The van der Waals surface area contributed by atoms with E-state index in [1.807, 2.05) is 0 Å². The maximum Gasteiger partial charge on any atom is 0.251 e. The van der Waals surface area contributed by atoms with E-state index in [1.54, 1.807) is 11.8 Å². The van der Waals surface area contributed by atoms with Crippen molar-refractivity contribution < 1.29 is 14.3 Å². The minimum atomic E-state index is -1.05. The third-order valence-corrected chi connectivity index (χ3v) is 4.38. The highest BCUT2D eigenvalue weighted by molar-refractivity contribution is 5.85. The van der Waals surface area contributed by atoms with Gasteiger partial charge in [-0.2, -0.15) is 0 Å². The molecule has 2 saturated heterocycles. The minimum Gasteiger partial charge on any atom is -0.367 e. The van der Waals surface area contributed by atoms with Crippen LogP contribution < -0.4 is 5.73 Å². The molecule has 2 amide bonds. The molecule has 20 heavy (non-hydrogen) atoms. The van der Waals surface area contributed by atoms with Gasteiger partial charge in [0.25, 0.3) is 5.91 Å². The summed E-state index contributed by atoms with van der Waals surface area (Å²) in [6.07, 6.45) is 2.30. The molecule has 0 radical (unpaired) electrons. The number of likely N-dealkylation sites (tertiary alicyclic amines) is 1. The van der Waals surface area contributed by atoms with Crippen molar-refractivity contribution in [2.45, 2.75) is 32.3 Å². The average molecular weight is 283 g/mol. The molecule has 6 nitrogen and oxygen atoms in total. The van der Waals surface area contributed by atoms with Crippen molar-refractivity contribution in [1.82, 2.24) is 9.80 Å². The number of nitrogens with two attached hydrogens (primary N) is 1. The number of hydrogen-bond acceptors (Lipinski definition) is 4. The molecule has 2 fully saturated rings. The van der Waals surface area contributed by atoms with Gasteiger partial charge in [-0.3, -0.25) is 14.5 Å². The Morgan fingerprint density at radius 3 is 2.55 bits per heavy atom. The van der Waals surface area contributed by atoms with E-state index in [0.29, 0.717) is 19.7 Å². The van der Waals surface area contributed by atoms with Crippen LogP contribution in [0.3, 0.4) is 0 Å². The molecule has 2 N–H and O–H groups in total. The molecule has 114 valence electrons. The number of carbonyl (C=O) groups excluding carboxylic acids is 2. The fraction of sp³-hybridized carbons (Fsp3) is 0.857. The van der Waals surface area contributed by atoms with Gasteiger partial charge in [-0.15, -0.1) is 0 Å². The number of carbonyl (C=O) groups is 2. The number of ether oxygens (including phenoxy) is 1. The van der Waals surface area contributed by atoms with Gasteiger partial charge in [0.1, 0.15) is 0 Å². The molecule has 0 unspecified atom stereocenters. The van der Waals surface area contributed by atoms with Gasteiger partial charge in [-0.1, -0.05) is 6.92 Å². The zero-order chi connectivity index (χ0) is 14.8. The number of primary amides is 1. The lowest BCUT2D eigenvalue weighted by Crippen LogP contribution is -2.59. The van der Waals surface area contributed by atoms with E-state index < -0.39 is 11.5 Å². The Hall–Kier alpha value is -1.14. The van der Waals surface area contributed by atoms with E-state index in [9.17, 15) is 9.59 Å². The summed E-state index contributed by atoms with van der Waals surface area (Å²) in [6, 6.07) is 0. The average Bonchev–Trinajstić information content (AvgIpc) is 2.41. The van der Waals surface area contributed by atoms with Gasteiger partial charge >= 0.3 is 0 Å². The summed E-state index contributed by atoms with van der Waals surface area (Å²) in [4.78, 5) is 27.6. The summed E-state index contributed by atoms with van der Waals surface area (Å²) in [7, 11) is 0. The fourth-order valence-electron chi connectivity index (χ4n) is 2.74. The van der Waals surface area contributed by atoms with E-state index in [2.05, 4.69) is 11.8 Å². The smallest absolute Gasteiger partial charge is 0.251 e. The molecule has 0 saturated carbocycles. The fourth-order valence-corrected chi connectivity index (χ4v) is 2.74. The van der Waals surface area contributed by atoms with E-state index >= 15 is 0 Å². The van der Waals surface area contributed by atoms with Crippen LogP contribution in [0.15, 0.2) is 0 Å². The van der Waals surface area contributed by atoms with Crippen LogP contribution in [0.1, 0.15) is 26.7 Å². The Bertz CT molecular complexity index is 380. The Morgan fingerprint density at radius 2 is 1.95 bits per heavy atom. The number of piperidine rings is 1. The van der Waals surface area contributed by atoms with Crippen LogP contribution in [0.25, 0.3) is 0 Å². The number of morpholine rings is 1. The van der Waals surface area contributed by atoms with Crippen LogP contribution >= 0.6 is 0 Å². The largest absolute Gasteiger partial charge is 0.367 e. The Labute approximate surface area is 120 Å². The number of hydrogen-bond donors (Lipinski definition) is 1. The summed E-state index contributed by atoms with van der Waals surface area (Å²) >= 11 is 0. The molecule has 2 rings (SSSR count). The standard InChI is InChI=1S/C14H25N3O3/c1-11-3-5-16(6-4-11)9-12(18)17-7-8-20-14(2,10-17)13(15)19/h11H,3-10H2,1-2H3,(H2,15,19)/t14-/m1/s1. The lowest BCUT2D eigenvalue weighted by molar-refractivity contribution is -0.161. The predicted octanol–water partition coefficient (Wildman–Crippen LogP) is -0.179. The highest BCUT2D eigenvalue weighted by atomic mass is 16.5. The quantitative estimate of drug-likeness (QED) is 0.779. The number of rotatable bonds is 3. The van der Waals surface area contributed by atoms with E-state index in [-0.39, 0.29) is 12.5 Å². The Kier molecular flexibility index (Phi) is 4.65. The summed E-state index contributed by atoms with van der Waals surface area (Å²) in [5, 5.41) is 0.